The highest BCUT2D eigenvalue weighted by atomic mass is 16.2. The number of carbonyl (C=O) groups is 4. The fraction of sp³-hybridized carbons (Fsp3) is 0.500. The number of carbonyl (C=O) groups excluding carboxylic acids is 4. The summed E-state index contributed by atoms with van der Waals surface area (Å²) in [6.07, 6.45) is 3.62. The van der Waals surface area contributed by atoms with Crippen molar-refractivity contribution < 1.29 is 19.2 Å². The molecular formula is C20H25N3O4. The van der Waals surface area contributed by atoms with Gasteiger partial charge in [0.2, 0.25) is 5.91 Å². The SMILES string of the molecule is Cc1ccccc1CNC(=O)CN1C(=O)C(=O)N([C@H]2CCCC[C@H]2C)C1=O. The number of urea groups is 1. The van der Waals surface area contributed by atoms with Gasteiger partial charge in [0.15, 0.2) is 0 Å². The first-order valence-corrected chi connectivity index (χ1v) is 9.40. The average molecular weight is 371 g/mol. The van der Waals surface area contributed by atoms with Crippen LogP contribution in [0.3, 0.4) is 0 Å². The number of aryl methyl sites for hydroxylation is 1. The molecule has 1 aromatic carbocycles. The normalized spacial score (nSPS) is 23.1. The van der Waals surface area contributed by atoms with Gasteiger partial charge in [0, 0.05) is 12.6 Å². The molecule has 2 fully saturated rings. The molecule has 1 aromatic rings. The summed E-state index contributed by atoms with van der Waals surface area (Å²) in [5.74, 6) is -2.03. The Balaban J connectivity index is 1.63. The van der Waals surface area contributed by atoms with E-state index in [0.717, 1.165) is 40.2 Å². The molecular weight excluding hydrogens is 346 g/mol. The van der Waals surface area contributed by atoms with E-state index in [2.05, 4.69) is 5.32 Å². The molecule has 1 aliphatic heterocycles. The molecule has 0 spiro atoms. The van der Waals surface area contributed by atoms with Crippen LogP contribution in [0.15, 0.2) is 24.3 Å². The lowest BCUT2D eigenvalue weighted by Gasteiger charge is -2.34. The second-order valence-electron chi connectivity index (χ2n) is 7.38. The van der Waals surface area contributed by atoms with E-state index in [1.54, 1.807) is 0 Å². The topological polar surface area (TPSA) is 86.8 Å². The lowest BCUT2D eigenvalue weighted by atomic mass is 9.85. The smallest absolute Gasteiger partial charge is 0.334 e. The van der Waals surface area contributed by atoms with Gasteiger partial charge in [-0.05, 0) is 36.8 Å². The molecule has 2 aliphatic rings. The lowest BCUT2D eigenvalue weighted by Crippen LogP contribution is -2.47. The molecule has 1 aliphatic carbocycles. The number of amides is 5. The van der Waals surface area contributed by atoms with Gasteiger partial charge in [-0.2, -0.15) is 0 Å². The van der Waals surface area contributed by atoms with Crippen molar-refractivity contribution in [2.45, 2.75) is 52.1 Å². The van der Waals surface area contributed by atoms with E-state index >= 15 is 0 Å². The number of benzene rings is 1. The van der Waals surface area contributed by atoms with E-state index in [4.69, 9.17) is 0 Å². The van der Waals surface area contributed by atoms with Gasteiger partial charge in [-0.3, -0.25) is 19.3 Å². The molecule has 5 amide bonds. The Morgan fingerprint density at radius 3 is 2.52 bits per heavy atom. The van der Waals surface area contributed by atoms with E-state index < -0.39 is 30.3 Å². The number of rotatable bonds is 5. The maximum absolute atomic E-state index is 12.7. The zero-order valence-electron chi connectivity index (χ0n) is 15.7. The van der Waals surface area contributed by atoms with Crippen LogP contribution in [0, 0.1) is 12.8 Å². The molecule has 0 radical (unpaired) electrons. The Kier molecular flexibility index (Phi) is 5.58. The third-order valence-corrected chi connectivity index (χ3v) is 5.52. The summed E-state index contributed by atoms with van der Waals surface area (Å²) in [5.41, 5.74) is 2.00. The Morgan fingerprint density at radius 2 is 1.81 bits per heavy atom. The van der Waals surface area contributed by atoms with Gasteiger partial charge in [-0.15, -0.1) is 0 Å². The van der Waals surface area contributed by atoms with Gasteiger partial charge in [-0.1, -0.05) is 44.0 Å². The highest BCUT2D eigenvalue weighted by molar-refractivity contribution is 6.45. The molecule has 144 valence electrons. The maximum Gasteiger partial charge on any atom is 0.334 e. The highest BCUT2D eigenvalue weighted by Crippen LogP contribution is 2.31. The fourth-order valence-corrected chi connectivity index (χ4v) is 3.84. The number of nitrogens with zero attached hydrogens (tertiary/aromatic N) is 2. The van der Waals surface area contributed by atoms with Crippen molar-refractivity contribution in [3.8, 4) is 0 Å². The highest BCUT2D eigenvalue weighted by Gasteiger charge is 2.49. The molecule has 7 nitrogen and oxygen atoms in total. The van der Waals surface area contributed by atoms with E-state index in [9.17, 15) is 19.2 Å². The molecule has 7 heteroatoms. The molecule has 1 saturated carbocycles. The van der Waals surface area contributed by atoms with Gasteiger partial charge in [0.05, 0.1) is 0 Å². The van der Waals surface area contributed by atoms with E-state index in [0.29, 0.717) is 13.0 Å². The number of hydrogen-bond acceptors (Lipinski definition) is 4. The fourth-order valence-electron chi connectivity index (χ4n) is 3.84. The third kappa shape index (κ3) is 3.86. The molecule has 0 unspecified atom stereocenters. The number of imide groups is 2. The van der Waals surface area contributed by atoms with Gasteiger partial charge in [-0.25, -0.2) is 9.69 Å². The van der Waals surface area contributed by atoms with Crippen molar-refractivity contribution >= 4 is 23.8 Å². The monoisotopic (exact) mass is 371 g/mol. The van der Waals surface area contributed by atoms with Crippen LogP contribution in [0.4, 0.5) is 4.79 Å². The minimum atomic E-state index is -0.913. The summed E-state index contributed by atoms with van der Waals surface area (Å²) in [5, 5.41) is 2.71. The van der Waals surface area contributed by atoms with E-state index in [1.165, 1.54) is 0 Å². The first-order chi connectivity index (χ1) is 12.9. The van der Waals surface area contributed by atoms with Crippen molar-refractivity contribution in [2.75, 3.05) is 6.54 Å². The van der Waals surface area contributed by atoms with Crippen LogP contribution in [-0.2, 0) is 20.9 Å². The van der Waals surface area contributed by atoms with Gasteiger partial charge >= 0.3 is 17.8 Å². The summed E-state index contributed by atoms with van der Waals surface area (Å²) in [4.78, 5) is 51.4. The molecule has 1 N–H and O–H groups in total. The predicted molar refractivity (Wildman–Crippen MR) is 98.4 cm³/mol. The van der Waals surface area contributed by atoms with Crippen molar-refractivity contribution in [1.82, 2.24) is 15.1 Å². The van der Waals surface area contributed by atoms with Crippen LogP contribution >= 0.6 is 0 Å². The zero-order chi connectivity index (χ0) is 19.6. The summed E-state index contributed by atoms with van der Waals surface area (Å²) in [6.45, 7) is 3.80. The summed E-state index contributed by atoms with van der Waals surface area (Å²) in [7, 11) is 0. The first kappa shape index (κ1) is 19.1. The molecule has 1 heterocycles. The van der Waals surface area contributed by atoms with Crippen LogP contribution in [0.25, 0.3) is 0 Å². The summed E-state index contributed by atoms with van der Waals surface area (Å²) in [6, 6.07) is 6.70. The lowest BCUT2D eigenvalue weighted by molar-refractivity contribution is -0.145. The first-order valence-electron chi connectivity index (χ1n) is 9.40. The van der Waals surface area contributed by atoms with Gasteiger partial charge in [0.1, 0.15) is 6.54 Å². The van der Waals surface area contributed by atoms with Crippen LogP contribution in [-0.4, -0.2) is 46.1 Å². The Bertz CT molecular complexity index is 776. The quantitative estimate of drug-likeness (QED) is 0.633. The van der Waals surface area contributed by atoms with Gasteiger partial charge in [0.25, 0.3) is 0 Å². The minimum Gasteiger partial charge on any atom is -0.350 e. The van der Waals surface area contributed by atoms with Crippen LogP contribution in [0.1, 0.15) is 43.7 Å². The molecule has 1 saturated heterocycles. The van der Waals surface area contributed by atoms with Crippen molar-refractivity contribution in [1.29, 1.82) is 0 Å². The molecule has 2 atom stereocenters. The van der Waals surface area contributed by atoms with Gasteiger partial charge < -0.3 is 5.32 Å². The van der Waals surface area contributed by atoms with Crippen LogP contribution in [0.2, 0.25) is 0 Å². The second-order valence-corrected chi connectivity index (χ2v) is 7.38. The Labute approximate surface area is 158 Å². The maximum atomic E-state index is 12.7. The second kappa shape index (κ2) is 7.90. The summed E-state index contributed by atoms with van der Waals surface area (Å²) >= 11 is 0. The summed E-state index contributed by atoms with van der Waals surface area (Å²) < 4.78 is 0. The van der Waals surface area contributed by atoms with Crippen LogP contribution < -0.4 is 5.32 Å². The minimum absolute atomic E-state index is 0.161. The Morgan fingerprint density at radius 1 is 1.11 bits per heavy atom. The predicted octanol–water partition coefficient (Wildman–Crippen LogP) is 1.98. The molecule has 27 heavy (non-hydrogen) atoms. The Hall–Kier alpha value is -2.70. The van der Waals surface area contributed by atoms with Crippen molar-refractivity contribution in [2.24, 2.45) is 5.92 Å². The van der Waals surface area contributed by atoms with E-state index in [-0.39, 0.29) is 12.0 Å². The van der Waals surface area contributed by atoms with Crippen LogP contribution in [0.5, 0.6) is 0 Å². The molecule has 3 rings (SSSR count). The molecule has 0 aromatic heterocycles. The molecule has 0 bridgehead atoms. The largest absolute Gasteiger partial charge is 0.350 e. The standard InChI is InChI=1S/C20H25N3O4/c1-13-7-3-5-9-15(13)11-21-17(24)12-22-18(25)19(26)23(20(22)27)16-10-6-4-8-14(16)2/h3,5,7,9,14,16H,4,6,8,10-12H2,1-2H3,(H,21,24)/t14-,16+/m1/s1. The van der Waals surface area contributed by atoms with Crippen molar-refractivity contribution in [3.63, 3.8) is 0 Å². The average Bonchev–Trinajstić information content (AvgIpc) is 2.85. The number of nitrogens with one attached hydrogen (secondary N) is 1. The zero-order valence-corrected chi connectivity index (χ0v) is 15.7. The van der Waals surface area contributed by atoms with Crippen molar-refractivity contribution in [3.05, 3.63) is 35.4 Å². The number of hydrogen-bond donors (Lipinski definition) is 1. The third-order valence-electron chi connectivity index (χ3n) is 5.52. The van der Waals surface area contributed by atoms with E-state index in [1.807, 2.05) is 38.1 Å².